The molecule has 2 atom stereocenters. The Bertz CT molecular complexity index is 876. The molecule has 0 radical (unpaired) electrons. The average Bonchev–Trinajstić information content (AvgIpc) is 2.61. The first kappa shape index (κ1) is 19.3. The predicted molar refractivity (Wildman–Crippen MR) is 103 cm³/mol. The van der Waals surface area contributed by atoms with E-state index in [4.69, 9.17) is 11.6 Å². The third kappa shape index (κ3) is 3.51. The van der Waals surface area contributed by atoms with Crippen LogP contribution in [0.1, 0.15) is 24.5 Å². The molecule has 0 amide bonds. The van der Waals surface area contributed by atoms with Crippen molar-refractivity contribution in [2.45, 2.75) is 38.0 Å². The normalized spacial score (nSPS) is 22.1. The van der Waals surface area contributed by atoms with Crippen LogP contribution < -0.4 is 10.2 Å². The van der Waals surface area contributed by atoms with Gasteiger partial charge in [-0.15, -0.1) is 0 Å². The lowest BCUT2D eigenvalue weighted by atomic mass is 9.86. The summed E-state index contributed by atoms with van der Waals surface area (Å²) < 4.78 is 38.4. The molecule has 2 aromatic rings. The van der Waals surface area contributed by atoms with Gasteiger partial charge in [0.25, 0.3) is 0 Å². The summed E-state index contributed by atoms with van der Waals surface area (Å²) in [5.74, 6) is 0.0443. The van der Waals surface area contributed by atoms with Gasteiger partial charge in [0.2, 0.25) is 5.95 Å². The highest BCUT2D eigenvalue weighted by molar-refractivity contribution is 6.30. The van der Waals surface area contributed by atoms with Crippen LogP contribution in [0.25, 0.3) is 0 Å². The number of nitrogens with one attached hydrogen (secondary N) is 1. The molecule has 4 rings (SSSR count). The highest BCUT2D eigenvalue weighted by Crippen LogP contribution is 2.38. The van der Waals surface area contributed by atoms with Gasteiger partial charge in [-0.1, -0.05) is 18.5 Å². The molecule has 28 heavy (non-hydrogen) atoms. The topological polar surface area (TPSA) is 44.3 Å². The lowest BCUT2D eigenvalue weighted by molar-refractivity contribution is -0.137. The highest BCUT2D eigenvalue weighted by Gasteiger charge is 2.43. The molecule has 1 aromatic carbocycles. The van der Waals surface area contributed by atoms with Crippen LogP contribution in [0.3, 0.4) is 0 Å². The summed E-state index contributed by atoms with van der Waals surface area (Å²) in [4.78, 5) is 12.4. The summed E-state index contributed by atoms with van der Waals surface area (Å²) in [6, 6.07) is 7.20. The summed E-state index contributed by atoms with van der Waals surface area (Å²) in [5, 5.41) is 2.39. The van der Waals surface area contributed by atoms with E-state index >= 15 is 0 Å². The Kier molecular flexibility index (Phi) is 4.87. The SMILES string of the molecule is CCc1cc(N2C3CC2CN(C)C3)ccc1Nc1ncc(C(F)(F)F)c(Cl)n1. The molecular weight excluding hydrogens is 391 g/mol. The predicted octanol–water partition coefficient (Wildman–Crippen LogP) is 4.35. The van der Waals surface area contributed by atoms with Crippen molar-refractivity contribution in [3.63, 3.8) is 0 Å². The van der Waals surface area contributed by atoms with Crippen molar-refractivity contribution in [3.05, 3.63) is 40.7 Å². The molecule has 3 heterocycles. The van der Waals surface area contributed by atoms with E-state index in [2.05, 4.69) is 38.2 Å². The van der Waals surface area contributed by atoms with Crippen molar-refractivity contribution in [3.8, 4) is 0 Å². The van der Waals surface area contributed by atoms with E-state index in [-0.39, 0.29) is 5.95 Å². The molecule has 1 aromatic heterocycles. The first-order valence-corrected chi connectivity index (χ1v) is 9.60. The first-order valence-electron chi connectivity index (χ1n) is 9.22. The number of halogens is 4. The largest absolute Gasteiger partial charge is 0.420 e. The fraction of sp³-hybridized carbons (Fsp3) is 0.474. The number of fused-ring (bicyclic) bond motifs is 2. The number of rotatable bonds is 4. The van der Waals surface area contributed by atoms with Crippen LogP contribution in [0.15, 0.2) is 24.4 Å². The Morgan fingerprint density at radius 2 is 1.96 bits per heavy atom. The van der Waals surface area contributed by atoms with Crippen molar-refractivity contribution in [2.75, 3.05) is 30.4 Å². The second-order valence-corrected chi connectivity index (χ2v) is 7.75. The number of anilines is 3. The van der Waals surface area contributed by atoms with Gasteiger partial charge in [0, 0.05) is 42.7 Å². The summed E-state index contributed by atoms with van der Waals surface area (Å²) >= 11 is 5.69. The third-order valence-corrected chi connectivity index (χ3v) is 5.73. The Morgan fingerprint density at radius 1 is 1.25 bits per heavy atom. The van der Waals surface area contributed by atoms with Gasteiger partial charge < -0.3 is 15.1 Å². The number of benzene rings is 1. The average molecular weight is 412 g/mol. The van der Waals surface area contributed by atoms with E-state index in [9.17, 15) is 13.2 Å². The molecule has 9 heteroatoms. The first-order chi connectivity index (χ1) is 13.3. The zero-order valence-electron chi connectivity index (χ0n) is 15.6. The van der Waals surface area contributed by atoms with E-state index in [1.54, 1.807) is 0 Å². The molecular formula is C19H21ClF3N5. The minimum absolute atomic E-state index is 0.0443. The fourth-order valence-electron chi connectivity index (χ4n) is 4.13. The van der Waals surface area contributed by atoms with Crippen LogP contribution >= 0.6 is 11.6 Å². The van der Waals surface area contributed by atoms with Crippen LogP contribution in [0.4, 0.5) is 30.5 Å². The van der Waals surface area contributed by atoms with E-state index in [0.717, 1.165) is 30.8 Å². The molecule has 0 spiro atoms. The Hall–Kier alpha value is -2.06. The Labute approximate surface area is 166 Å². The summed E-state index contributed by atoms with van der Waals surface area (Å²) in [7, 11) is 2.15. The lowest BCUT2D eigenvalue weighted by Crippen LogP contribution is -2.68. The van der Waals surface area contributed by atoms with E-state index in [1.165, 1.54) is 12.1 Å². The number of aromatic nitrogens is 2. The molecule has 5 nitrogen and oxygen atoms in total. The van der Waals surface area contributed by atoms with Crippen LogP contribution in [-0.4, -0.2) is 47.1 Å². The van der Waals surface area contributed by atoms with Crippen molar-refractivity contribution < 1.29 is 13.2 Å². The minimum atomic E-state index is -4.57. The molecule has 2 saturated heterocycles. The molecule has 0 aliphatic carbocycles. The maximum atomic E-state index is 12.8. The maximum Gasteiger partial charge on any atom is 0.420 e. The van der Waals surface area contributed by atoms with Crippen LogP contribution in [0.2, 0.25) is 5.15 Å². The number of alkyl halides is 3. The molecule has 2 bridgehead atoms. The second-order valence-electron chi connectivity index (χ2n) is 7.39. The van der Waals surface area contributed by atoms with Gasteiger partial charge in [-0.3, -0.25) is 0 Å². The van der Waals surface area contributed by atoms with Crippen molar-refractivity contribution in [1.29, 1.82) is 0 Å². The number of piperidine rings is 1. The minimum Gasteiger partial charge on any atom is -0.363 e. The Balaban J connectivity index is 1.55. The number of nitrogens with zero attached hydrogens (tertiary/aromatic N) is 4. The van der Waals surface area contributed by atoms with Gasteiger partial charge in [-0.05, 0) is 43.7 Å². The number of aryl methyl sites for hydroxylation is 1. The standard InChI is InChI=1S/C19H21ClF3N5/c1-3-11-6-12(28-13-7-14(28)10-27(2)9-13)4-5-16(11)25-18-24-8-15(17(20)26-18)19(21,22)23/h4-6,8,13-14H,3,7,9-10H2,1-2H3,(H,24,25,26). The molecule has 0 saturated carbocycles. The summed E-state index contributed by atoms with van der Waals surface area (Å²) in [6.07, 6.45) is -1.87. The zero-order chi connectivity index (χ0) is 20.1. The molecule has 2 aliphatic rings. The van der Waals surface area contributed by atoms with Crippen molar-refractivity contribution in [1.82, 2.24) is 14.9 Å². The number of piperazine rings is 1. The van der Waals surface area contributed by atoms with E-state index < -0.39 is 16.9 Å². The van der Waals surface area contributed by atoms with Gasteiger partial charge in [0.05, 0.1) is 0 Å². The molecule has 150 valence electrons. The van der Waals surface area contributed by atoms with Gasteiger partial charge in [-0.2, -0.15) is 13.2 Å². The smallest absolute Gasteiger partial charge is 0.363 e. The van der Waals surface area contributed by atoms with Crippen LogP contribution in [0, 0.1) is 0 Å². The lowest BCUT2D eigenvalue weighted by Gasteiger charge is -2.57. The van der Waals surface area contributed by atoms with Crippen molar-refractivity contribution >= 4 is 28.9 Å². The van der Waals surface area contributed by atoms with Crippen molar-refractivity contribution in [2.24, 2.45) is 0 Å². The van der Waals surface area contributed by atoms with Gasteiger partial charge in [-0.25, -0.2) is 9.97 Å². The zero-order valence-corrected chi connectivity index (χ0v) is 16.3. The van der Waals surface area contributed by atoms with E-state index in [0.29, 0.717) is 18.3 Å². The fourth-order valence-corrected chi connectivity index (χ4v) is 4.37. The monoisotopic (exact) mass is 411 g/mol. The Morgan fingerprint density at radius 3 is 2.57 bits per heavy atom. The van der Waals surface area contributed by atoms with E-state index in [1.807, 2.05) is 19.1 Å². The molecule has 2 unspecified atom stereocenters. The summed E-state index contributed by atoms with van der Waals surface area (Å²) in [5.41, 5.74) is 1.96. The third-order valence-electron chi connectivity index (χ3n) is 5.44. The van der Waals surface area contributed by atoms with Gasteiger partial charge >= 0.3 is 6.18 Å². The number of likely N-dealkylation sites (tertiary alicyclic amines) is 1. The molecule has 2 fully saturated rings. The maximum absolute atomic E-state index is 12.8. The quantitative estimate of drug-likeness (QED) is 0.758. The number of hydrogen-bond acceptors (Lipinski definition) is 5. The van der Waals surface area contributed by atoms with Gasteiger partial charge in [0.15, 0.2) is 0 Å². The van der Waals surface area contributed by atoms with Gasteiger partial charge in [0.1, 0.15) is 10.7 Å². The molecule has 1 N–H and O–H groups in total. The number of likely N-dealkylation sites (N-methyl/N-ethyl adjacent to an activating group) is 1. The highest BCUT2D eigenvalue weighted by atomic mass is 35.5. The summed E-state index contributed by atoms with van der Waals surface area (Å²) in [6.45, 7) is 4.17. The van der Waals surface area contributed by atoms with Crippen LogP contribution in [-0.2, 0) is 12.6 Å². The van der Waals surface area contributed by atoms with Crippen LogP contribution in [0.5, 0.6) is 0 Å². The second kappa shape index (κ2) is 7.08. The molecule has 2 aliphatic heterocycles. The number of hydrogen-bond donors (Lipinski definition) is 1.